The Morgan fingerprint density at radius 3 is 2.78 bits per heavy atom. The lowest BCUT2D eigenvalue weighted by Gasteiger charge is -2.21. The fourth-order valence-electron chi connectivity index (χ4n) is 1.46. The minimum absolute atomic E-state index is 0.232. The van der Waals surface area contributed by atoms with Crippen LogP contribution in [-0.2, 0) is 5.54 Å². The van der Waals surface area contributed by atoms with Crippen molar-refractivity contribution in [1.29, 1.82) is 0 Å². The number of amides is 1. The Labute approximate surface area is 104 Å². The van der Waals surface area contributed by atoms with Crippen LogP contribution in [0.25, 0.3) is 0 Å². The first-order valence-corrected chi connectivity index (χ1v) is 5.52. The quantitative estimate of drug-likeness (QED) is 0.886. The van der Waals surface area contributed by atoms with Gasteiger partial charge in [0.25, 0.3) is 11.8 Å². The average molecular weight is 246 g/mol. The monoisotopic (exact) mass is 246 g/mol. The second-order valence-electron chi connectivity index (χ2n) is 4.47. The molecule has 2 aromatic rings. The number of rotatable bonds is 3. The summed E-state index contributed by atoms with van der Waals surface area (Å²) in [6, 6.07) is 3.40. The van der Waals surface area contributed by atoms with E-state index in [1.54, 1.807) is 39.1 Å². The molecule has 0 unspecified atom stereocenters. The minimum atomic E-state index is -0.728. The van der Waals surface area contributed by atoms with Gasteiger partial charge in [-0.25, -0.2) is 0 Å². The predicted molar refractivity (Wildman–Crippen MR) is 63.8 cm³/mol. The van der Waals surface area contributed by atoms with Gasteiger partial charge in [-0.05, 0) is 32.9 Å². The minimum Gasteiger partial charge on any atom is -0.338 e. The molecule has 6 nitrogen and oxygen atoms in total. The zero-order valence-corrected chi connectivity index (χ0v) is 10.5. The lowest BCUT2D eigenvalue weighted by atomic mass is 10.1. The molecule has 0 saturated heterocycles. The van der Waals surface area contributed by atoms with E-state index in [0.717, 1.165) is 0 Å². The maximum absolute atomic E-state index is 12.0. The van der Waals surface area contributed by atoms with Crippen LogP contribution >= 0.6 is 0 Å². The van der Waals surface area contributed by atoms with Crippen molar-refractivity contribution in [2.24, 2.45) is 0 Å². The summed E-state index contributed by atoms with van der Waals surface area (Å²) >= 11 is 0. The third-order valence-electron chi connectivity index (χ3n) is 2.41. The van der Waals surface area contributed by atoms with E-state index >= 15 is 0 Å². The van der Waals surface area contributed by atoms with Crippen molar-refractivity contribution in [3.63, 3.8) is 0 Å². The number of carbonyl (C=O) groups is 1. The summed E-state index contributed by atoms with van der Waals surface area (Å²) in [5.41, 5.74) is -0.240. The van der Waals surface area contributed by atoms with Crippen LogP contribution in [0.3, 0.4) is 0 Å². The molecule has 0 radical (unpaired) electrons. The van der Waals surface area contributed by atoms with Gasteiger partial charge in [0.05, 0.1) is 5.56 Å². The van der Waals surface area contributed by atoms with Crippen LogP contribution in [0.1, 0.15) is 35.9 Å². The van der Waals surface area contributed by atoms with Crippen molar-refractivity contribution >= 4 is 5.91 Å². The topological polar surface area (TPSA) is 80.9 Å². The van der Waals surface area contributed by atoms with Crippen molar-refractivity contribution in [3.05, 3.63) is 41.8 Å². The lowest BCUT2D eigenvalue weighted by Crippen LogP contribution is -2.41. The van der Waals surface area contributed by atoms with Gasteiger partial charge in [0, 0.05) is 12.4 Å². The number of hydrogen-bond acceptors (Lipinski definition) is 5. The third kappa shape index (κ3) is 2.53. The summed E-state index contributed by atoms with van der Waals surface area (Å²) < 4.78 is 5.07. The van der Waals surface area contributed by atoms with E-state index in [9.17, 15) is 4.79 Å². The molecular weight excluding hydrogens is 232 g/mol. The van der Waals surface area contributed by atoms with Crippen LogP contribution in [0.4, 0.5) is 0 Å². The third-order valence-corrected chi connectivity index (χ3v) is 2.41. The highest BCUT2D eigenvalue weighted by molar-refractivity contribution is 5.94. The zero-order chi connectivity index (χ0) is 13.2. The first-order chi connectivity index (χ1) is 8.49. The van der Waals surface area contributed by atoms with Gasteiger partial charge < -0.3 is 9.84 Å². The average Bonchev–Trinajstić information content (AvgIpc) is 2.77. The highest BCUT2D eigenvalue weighted by Gasteiger charge is 2.29. The van der Waals surface area contributed by atoms with Crippen molar-refractivity contribution in [2.45, 2.75) is 26.3 Å². The lowest BCUT2D eigenvalue weighted by molar-refractivity contribution is 0.0894. The molecule has 1 N–H and O–H groups in total. The largest absolute Gasteiger partial charge is 0.338 e. The van der Waals surface area contributed by atoms with Gasteiger partial charge in [0.1, 0.15) is 5.54 Å². The second-order valence-corrected chi connectivity index (χ2v) is 4.47. The summed E-state index contributed by atoms with van der Waals surface area (Å²) in [7, 11) is 0. The molecule has 94 valence electrons. The summed E-state index contributed by atoms with van der Waals surface area (Å²) in [4.78, 5) is 20.0. The number of hydrogen-bond donors (Lipinski definition) is 1. The molecule has 0 aromatic carbocycles. The number of aryl methyl sites for hydroxylation is 1. The first kappa shape index (κ1) is 12.2. The molecule has 0 aliphatic carbocycles. The molecule has 0 aliphatic rings. The second kappa shape index (κ2) is 4.56. The van der Waals surface area contributed by atoms with Crippen LogP contribution in [0.15, 0.2) is 29.0 Å². The van der Waals surface area contributed by atoms with Crippen molar-refractivity contribution in [1.82, 2.24) is 20.4 Å². The van der Waals surface area contributed by atoms with E-state index in [0.29, 0.717) is 17.3 Å². The molecule has 0 atom stereocenters. The standard InChI is InChI=1S/C12H14N4O2/c1-8-14-11(18-16-8)12(2,3)15-10(17)9-5-4-6-13-7-9/h4-7H,1-3H3,(H,15,17). The Morgan fingerprint density at radius 2 is 2.22 bits per heavy atom. The number of nitrogens with one attached hydrogen (secondary N) is 1. The van der Waals surface area contributed by atoms with Gasteiger partial charge in [-0.3, -0.25) is 9.78 Å². The SMILES string of the molecule is Cc1noc(C(C)(C)NC(=O)c2cccnc2)n1. The molecular formula is C12H14N4O2. The predicted octanol–water partition coefficient (Wildman–Crippen LogP) is 1.44. The van der Waals surface area contributed by atoms with Gasteiger partial charge in [-0.1, -0.05) is 5.16 Å². The maximum Gasteiger partial charge on any atom is 0.253 e. The van der Waals surface area contributed by atoms with Crippen molar-refractivity contribution in [2.75, 3.05) is 0 Å². The Hall–Kier alpha value is -2.24. The molecule has 2 heterocycles. The molecule has 0 aliphatic heterocycles. The molecule has 2 rings (SSSR count). The van der Waals surface area contributed by atoms with Crippen molar-refractivity contribution < 1.29 is 9.32 Å². The normalized spacial score (nSPS) is 11.3. The number of pyridine rings is 1. The van der Waals surface area contributed by atoms with E-state index in [1.807, 2.05) is 0 Å². The Kier molecular flexibility index (Phi) is 3.10. The van der Waals surface area contributed by atoms with Crippen LogP contribution in [0.2, 0.25) is 0 Å². The highest BCUT2D eigenvalue weighted by atomic mass is 16.5. The van der Waals surface area contributed by atoms with Crippen LogP contribution < -0.4 is 5.32 Å². The highest BCUT2D eigenvalue weighted by Crippen LogP contribution is 2.18. The maximum atomic E-state index is 12.0. The molecule has 2 aromatic heterocycles. The van der Waals surface area contributed by atoms with E-state index in [-0.39, 0.29) is 5.91 Å². The Bertz CT molecular complexity index is 548. The molecule has 0 saturated carbocycles. The van der Waals surface area contributed by atoms with Gasteiger partial charge in [-0.15, -0.1) is 0 Å². The molecule has 0 bridgehead atoms. The van der Waals surface area contributed by atoms with E-state index < -0.39 is 5.54 Å². The summed E-state index contributed by atoms with van der Waals surface area (Å²) in [5, 5.41) is 6.54. The Balaban J connectivity index is 2.16. The van der Waals surface area contributed by atoms with Crippen LogP contribution in [-0.4, -0.2) is 21.0 Å². The molecule has 6 heteroatoms. The van der Waals surface area contributed by atoms with E-state index in [1.165, 1.54) is 6.20 Å². The number of aromatic nitrogens is 3. The smallest absolute Gasteiger partial charge is 0.253 e. The van der Waals surface area contributed by atoms with Gasteiger partial charge in [-0.2, -0.15) is 4.98 Å². The molecule has 18 heavy (non-hydrogen) atoms. The van der Waals surface area contributed by atoms with Crippen LogP contribution in [0.5, 0.6) is 0 Å². The number of carbonyl (C=O) groups excluding carboxylic acids is 1. The fourth-order valence-corrected chi connectivity index (χ4v) is 1.46. The van der Waals surface area contributed by atoms with Gasteiger partial charge in [0.2, 0.25) is 0 Å². The molecule has 1 amide bonds. The fraction of sp³-hybridized carbons (Fsp3) is 0.333. The van der Waals surface area contributed by atoms with E-state index in [4.69, 9.17) is 4.52 Å². The molecule has 0 fully saturated rings. The molecule has 0 spiro atoms. The summed E-state index contributed by atoms with van der Waals surface area (Å²) in [6.07, 6.45) is 3.12. The summed E-state index contributed by atoms with van der Waals surface area (Å²) in [5.74, 6) is 0.676. The van der Waals surface area contributed by atoms with Gasteiger partial charge in [0.15, 0.2) is 5.82 Å². The van der Waals surface area contributed by atoms with E-state index in [2.05, 4.69) is 20.4 Å². The van der Waals surface area contributed by atoms with Crippen LogP contribution in [0, 0.1) is 6.92 Å². The van der Waals surface area contributed by atoms with Crippen molar-refractivity contribution in [3.8, 4) is 0 Å². The number of nitrogens with zero attached hydrogens (tertiary/aromatic N) is 3. The summed E-state index contributed by atoms with van der Waals surface area (Å²) in [6.45, 7) is 5.33. The van der Waals surface area contributed by atoms with Gasteiger partial charge >= 0.3 is 0 Å². The Morgan fingerprint density at radius 1 is 1.44 bits per heavy atom. The zero-order valence-electron chi connectivity index (χ0n) is 10.5. The first-order valence-electron chi connectivity index (χ1n) is 5.52.